The van der Waals surface area contributed by atoms with E-state index in [0.717, 1.165) is 11.8 Å². The van der Waals surface area contributed by atoms with Gasteiger partial charge in [-0.25, -0.2) is 9.37 Å². The molecule has 2 heterocycles. The van der Waals surface area contributed by atoms with Crippen LogP contribution in [0.5, 0.6) is 0 Å². The molecule has 0 fully saturated rings. The molecule has 2 aromatic carbocycles. The molecule has 6 nitrogen and oxygen atoms in total. The summed E-state index contributed by atoms with van der Waals surface area (Å²) in [7, 11) is 1.69. The predicted octanol–water partition coefficient (Wildman–Crippen LogP) is 3.87. The maximum Gasteiger partial charge on any atom is 0.266 e. The summed E-state index contributed by atoms with van der Waals surface area (Å²) in [4.78, 5) is 31.8. The lowest BCUT2D eigenvalue weighted by molar-refractivity contribution is -0.127. The lowest BCUT2D eigenvalue weighted by Gasteiger charge is -2.17. The first-order chi connectivity index (χ1) is 14.5. The third-order valence-corrected chi connectivity index (χ3v) is 5.48. The van der Waals surface area contributed by atoms with Crippen LogP contribution in [0.1, 0.15) is 5.76 Å². The molecular weight excluding hydrogens is 405 g/mol. The summed E-state index contributed by atoms with van der Waals surface area (Å²) in [5, 5.41) is 0.817. The maximum atomic E-state index is 13.4. The number of carbonyl (C=O) groups excluding carboxylic acids is 1. The van der Waals surface area contributed by atoms with E-state index in [0.29, 0.717) is 34.1 Å². The van der Waals surface area contributed by atoms with E-state index in [1.807, 2.05) is 0 Å². The van der Waals surface area contributed by atoms with Crippen molar-refractivity contribution in [1.29, 1.82) is 0 Å². The number of rotatable bonds is 6. The number of hydrogen-bond acceptors (Lipinski definition) is 5. The van der Waals surface area contributed by atoms with Crippen molar-refractivity contribution < 1.29 is 13.6 Å². The number of thioether (sulfide) groups is 1. The molecule has 0 unspecified atom stereocenters. The first kappa shape index (κ1) is 19.9. The van der Waals surface area contributed by atoms with Crippen LogP contribution < -0.4 is 5.56 Å². The lowest BCUT2D eigenvalue weighted by Crippen LogP contribution is -2.28. The monoisotopic (exact) mass is 423 g/mol. The minimum Gasteiger partial charge on any atom is -0.467 e. The number of amides is 1. The molecular formula is C22H18FN3O3S. The van der Waals surface area contributed by atoms with Gasteiger partial charge in [0.25, 0.3) is 5.56 Å². The first-order valence-corrected chi connectivity index (χ1v) is 10.2. The molecule has 0 aliphatic carbocycles. The number of fused-ring (bicyclic) bond motifs is 1. The molecule has 0 aliphatic heterocycles. The molecule has 4 aromatic rings. The lowest BCUT2D eigenvalue weighted by atomic mass is 10.2. The quantitative estimate of drug-likeness (QED) is 0.348. The van der Waals surface area contributed by atoms with E-state index in [-0.39, 0.29) is 17.2 Å². The van der Waals surface area contributed by atoms with E-state index in [1.165, 1.54) is 28.8 Å². The molecule has 0 saturated carbocycles. The van der Waals surface area contributed by atoms with Crippen LogP contribution in [0, 0.1) is 5.82 Å². The normalized spacial score (nSPS) is 11.0. The van der Waals surface area contributed by atoms with E-state index in [2.05, 4.69) is 4.98 Å². The molecule has 0 atom stereocenters. The summed E-state index contributed by atoms with van der Waals surface area (Å²) in [6.45, 7) is 0.350. The smallest absolute Gasteiger partial charge is 0.266 e. The summed E-state index contributed by atoms with van der Waals surface area (Å²) in [6, 6.07) is 16.2. The Labute approximate surface area is 176 Å². The molecule has 0 spiro atoms. The topological polar surface area (TPSA) is 68.3 Å². The number of halogens is 1. The Morgan fingerprint density at radius 3 is 2.63 bits per heavy atom. The van der Waals surface area contributed by atoms with Crippen molar-refractivity contribution in [2.24, 2.45) is 0 Å². The molecule has 0 aliphatic rings. The van der Waals surface area contributed by atoms with Gasteiger partial charge in [-0.15, -0.1) is 0 Å². The van der Waals surface area contributed by atoms with Crippen LogP contribution in [-0.4, -0.2) is 33.2 Å². The number of carbonyl (C=O) groups is 1. The molecule has 1 amide bonds. The van der Waals surface area contributed by atoms with Gasteiger partial charge in [-0.2, -0.15) is 0 Å². The predicted molar refractivity (Wildman–Crippen MR) is 113 cm³/mol. The fourth-order valence-corrected chi connectivity index (χ4v) is 3.94. The highest BCUT2D eigenvalue weighted by molar-refractivity contribution is 7.99. The van der Waals surface area contributed by atoms with E-state index < -0.39 is 5.82 Å². The van der Waals surface area contributed by atoms with Crippen molar-refractivity contribution in [3.05, 3.63) is 88.9 Å². The molecule has 30 heavy (non-hydrogen) atoms. The van der Waals surface area contributed by atoms with E-state index in [4.69, 9.17) is 4.42 Å². The minimum atomic E-state index is -0.399. The van der Waals surface area contributed by atoms with E-state index in [9.17, 15) is 14.0 Å². The second-order valence-corrected chi connectivity index (χ2v) is 7.59. The molecule has 2 aromatic heterocycles. The Hall–Kier alpha value is -3.39. The van der Waals surface area contributed by atoms with Gasteiger partial charge in [0.15, 0.2) is 5.16 Å². The Bertz CT molecular complexity index is 1240. The fraction of sp³-hybridized carbons (Fsp3) is 0.136. The molecule has 0 radical (unpaired) electrons. The SMILES string of the molecule is CN(Cc1ccco1)C(=O)CSc1nc2ccccc2c(=O)n1-c1ccc(F)cc1. The zero-order valence-electron chi connectivity index (χ0n) is 16.1. The maximum absolute atomic E-state index is 13.4. The Morgan fingerprint density at radius 1 is 1.13 bits per heavy atom. The summed E-state index contributed by atoms with van der Waals surface area (Å²) >= 11 is 1.16. The van der Waals surface area contributed by atoms with Crippen LogP contribution in [0.25, 0.3) is 16.6 Å². The Morgan fingerprint density at radius 2 is 1.90 bits per heavy atom. The summed E-state index contributed by atoms with van der Waals surface area (Å²) in [5.41, 5.74) is 0.754. The van der Waals surface area contributed by atoms with Gasteiger partial charge in [0, 0.05) is 7.05 Å². The molecule has 8 heteroatoms. The van der Waals surface area contributed by atoms with Gasteiger partial charge in [0.05, 0.1) is 35.2 Å². The zero-order valence-corrected chi connectivity index (χ0v) is 16.9. The van der Waals surface area contributed by atoms with Gasteiger partial charge in [-0.3, -0.25) is 14.2 Å². The number of furan rings is 1. The average molecular weight is 423 g/mol. The van der Waals surface area contributed by atoms with Crippen molar-refractivity contribution in [3.63, 3.8) is 0 Å². The highest BCUT2D eigenvalue weighted by Crippen LogP contribution is 2.22. The highest BCUT2D eigenvalue weighted by Gasteiger charge is 2.17. The number of para-hydroxylation sites is 1. The van der Waals surface area contributed by atoms with Crippen molar-refractivity contribution in [2.75, 3.05) is 12.8 Å². The average Bonchev–Trinajstić information content (AvgIpc) is 3.26. The molecule has 0 bridgehead atoms. The number of benzene rings is 2. The van der Waals surface area contributed by atoms with Gasteiger partial charge < -0.3 is 9.32 Å². The Balaban J connectivity index is 1.65. The molecule has 0 N–H and O–H groups in total. The van der Waals surface area contributed by atoms with Gasteiger partial charge in [0.1, 0.15) is 11.6 Å². The van der Waals surface area contributed by atoms with Crippen LogP contribution in [0.15, 0.2) is 81.3 Å². The van der Waals surface area contributed by atoms with Gasteiger partial charge in [-0.05, 0) is 48.5 Å². The van der Waals surface area contributed by atoms with Gasteiger partial charge in [0.2, 0.25) is 5.91 Å². The molecule has 0 saturated heterocycles. The highest BCUT2D eigenvalue weighted by atomic mass is 32.2. The third-order valence-electron chi connectivity index (χ3n) is 4.55. The second-order valence-electron chi connectivity index (χ2n) is 6.65. The van der Waals surface area contributed by atoms with E-state index in [1.54, 1.807) is 54.6 Å². The van der Waals surface area contributed by atoms with Gasteiger partial charge in [-0.1, -0.05) is 23.9 Å². The number of nitrogens with zero attached hydrogens (tertiary/aromatic N) is 3. The minimum absolute atomic E-state index is 0.0865. The van der Waals surface area contributed by atoms with Crippen molar-refractivity contribution in [3.8, 4) is 5.69 Å². The van der Waals surface area contributed by atoms with Crippen molar-refractivity contribution >= 4 is 28.6 Å². The van der Waals surface area contributed by atoms with Crippen LogP contribution >= 0.6 is 11.8 Å². The van der Waals surface area contributed by atoms with Crippen LogP contribution in [0.4, 0.5) is 4.39 Å². The van der Waals surface area contributed by atoms with Crippen molar-refractivity contribution in [1.82, 2.24) is 14.5 Å². The van der Waals surface area contributed by atoms with Crippen LogP contribution in [-0.2, 0) is 11.3 Å². The van der Waals surface area contributed by atoms with Gasteiger partial charge >= 0.3 is 0 Å². The Kier molecular flexibility index (Phi) is 5.67. The number of hydrogen-bond donors (Lipinski definition) is 0. The van der Waals surface area contributed by atoms with E-state index >= 15 is 0 Å². The van der Waals surface area contributed by atoms with Crippen LogP contribution in [0.3, 0.4) is 0 Å². The second kappa shape index (κ2) is 8.54. The summed E-state index contributed by atoms with van der Waals surface area (Å²) < 4.78 is 20.1. The van der Waals surface area contributed by atoms with Crippen LogP contribution in [0.2, 0.25) is 0 Å². The largest absolute Gasteiger partial charge is 0.467 e. The molecule has 152 valence electrons. The number of aromatic nitrogens is 2. The van der Waals surface area contributed by atoms with Crippen molar-refractivity contribution in [2.45, 2.75) is 11.7 Å². The third kappa shape index (κ3) is 4.13. The molecule has 4 rings (SSSR count). The fourth-order valence-electron chi connectivity index (χ4n) is 2.99. The zero-order chi connectivity index (χ0) is 21.1. The summed E-state index contributed by atoms with van der Waals surface area (Å²) in [6.07, 6.45) is 1.56. The standard InChI is InChI=1S/C22H18FN3O3S/c1-25(13-17-5-4-12-29-17)20(27)14-30-22-24-19-7-3-2-6-18(19)21(28)26(22)16-10-8-15(23)9-11-16/h2-12H,13-14H2,1H3. The first-order valence-electron chi connectivity index (χ1n) is 9.20. The summed E-state index contributed by atoms with van der Waals surface area (Å²) in [5.74, 6) is 0.236.